The number of carbonyl (C=O) groups excluding carboxylic acids is 2. The highest BCUT2D eigenvalue weighted by molar-refractivity contribution is 5.86. The normalized spacial score (nSPS) is 20.0. The van der Waals surface area contributed by atoms with Crippen molar-refractivity contribution >= 4 is 18.0 Å². The third-order valence-corrected chi connectivity index (χ3v) is 6.73. The summed E-state index contributed by atoms with van der Waals surface area (Å²) in [5.41, 5.74) is 3.91. The first kappa shape index (κ1) is 24.7. The molecule has 3 unspecified atom stereocenters. The van der Waals surface area contributed by atoms with Gasteiger partial charge in [0.25, 0.3) is 0 Å². The van der Waals surface area contributed by atoms with Crippen LogP contribution >= 0.6 is 0 Å². The van der Waals surface area contributed by atoms with Gasteiger partial charge in [-0.2, -0.15) is 0 Å². The molecule has 1 aliphatic carbocycles. The van der Waals surface area contributed by atoms with Crippen LogP contribution in [-0.4, -0.2) is 55.0 Å². The van der Waals surface area contributed by atoms with E-state index in [-0.39, 0.29) is 30.9 Å². The standard InChI is InChI=1S/C27H32N2O6/c1-27(2,3)23(24(30)28-14-16-12-13-34-22(16)25(31)32)29-26(33)35-15-21-19-10-6-4-8-17(19)18-9-5-7-11-20(18)21/h4-11,16,21-23H,12-15H2,1-3H3,(H,28,30)(H,29,33)(H,31,32). The van der Waals surface area contributed by atoms with E-state index in [0.717, 1.165) is 22.3 Å². The summed E-state index contributed by atoms with van der Waals surface area (Å²) in [5.74, 6) is -1.81. The number of rotatable bonds is 7. The molecule has 2 amide bonds. The molecule has 0 spiro atoms. The quantitative estimate of drug-likeness (QED) is 0.559. The Morgan fingerprint density at radius 2 is 1.66 bits per heavy atom. The summed E-state index contributed by atoms with van der Waals surface area (Å²) in [7, 11) is 0. The number of nitrogens with one attached hydrogen (secondary N) is 2. The molecule has 1 heterocycles. The van der Waals surface area contributed by atoms with E-state index in [1.807, 2.05) is 57.2 Å². The second-order valence-corrected chi connectivity index (χ2v) is 10.2. The van der Waals surface area contributed by atoms with Crippen LogP contribution in [0.5, 0.6) is 0 Å². The lowest BCUT2D eigenvalue weighted by atomic mass is 9.86. The second-order valence-electron chi connectivity index (χ2n) is 10.2. The minimum absolute atomic E-state index is 0.0784. The van der Waals surface area contributed by atoms with E-state index in [2.05, 4.69) is 22.8 Å². The van der Waals surface area contributed by atoms with Crippen molar-refractivity contribution in [1.82, 2.24) is 10.6 Å². The summed E-state index contributed by atoms with van der Waals surface area (Å²) >= 11 is 0. The van der Waals surface area contributed by atoms with Gasteiger partial charge in [-0.3, -0.25) is 4.79 Å². The zero-order chi connectivity index (χ0) is 25.2. The number of fused-ring (bicyclic) bond motifs is 3. The molecular formula is C27H32N2O6. The Labute approximate surface area is 205 Å². The van der Waals surface area contributed by atoms with Crippen molar-refractivity contribution in [2.45, 2.75) is 45.3 Å². The van der Waals surface area contributed by atoms with Gasteiger partial charge in [0.05, 0.1) is 0 Å². The monoisotopic (exact) mass is 480 g/mol. The minimum Gasteiger partial charge on any atom is -0.479 e. The first-order valence-corrected chi connectivity index (χ1v) is 11.9. The Morgan fingerprint density at radius 1 is 1.06 bits per heavy atom. The molecule has 0 radical (unpaired) electrons. The predicted molar refractivity (Wildman–Crippen MR) is 130 cm³/mol. The summed E-state index contributed by atoms with van der Waals surface area (Å²) < 4.78 is 10.9. The van der Waals surface area contributed by atoms with Gasteiger partial charge in [0, 0.05) is 25.0 Å². The number of aliphatic carboxylic acids is 1. The Bertz CT molecular complexity index is 1060. The van der Waals surface area contributed by atoms with Crippen LogP contribution in [0.1, 0.15) is 44.2 Å². The molecule has 8 nitrogen and oxygen atoms in total. The topological polar surface area (TPSA) is 114 Å². The van der Waals surface area contributed by atoms with Gasteiger partial charge in [0.15, 0.2) is 6.10 Å². The van der Waals surface area contributed by atoms with E-state index in [4.69, 9.17) is 9.47 Å². The fourth-order valence-corrected chi connectivity index (χ4v) is 4.88. The molecular weight excluding hydrogens is 448 g/mol. The summed E-state index contributed by atoms with van der Waals surface area (Å²) in [5, 5.41) is 14.8. The van der Waals surface area contributed by atoms with Gasteiger partial charge in [-0.1, -0.05) is 69.3 Å². The molecule has 186 valence electrons. The van der Waals surface area contributed by atoms with Crippen molar-refractivity contribution in [1.29, 1.82) is 0 Å². The van der Waals surface area contributed by atoms with Gasteiger partial charge in [-0.15, -0.1) is 0 Å². The van der Waals surface area contributed by atoms with Crippen LogP contribution in [0, 0.1) is 11.3 Å². The van der Waals surface area contributed by atoms with E-state index in [1.54, 1.807) is 0 Å². The molecule has 0 aromatic heterocycles. The molecule has 2 aliphatic rings. The predicted octanol–water partition coefficient (Wildman–Crippen LogP) is 3.55. The van der Waals surface area contributed by atoms with Gasteiger partial charge >= 0.3 is 12.1 Å². The molecule has 0 bridgehead atoms. The number of benzene rings is 2. The van der Waals surface area contributed by atoms with E-state index in [0.29, 0.717) is 13.0 Å². The summed E-state index contributed by atoms with van der Waals surface area (Å²) in [6.45, 7) is 6.20. The van der Waals surface area contributed by atoms with Gasteiger partial charge < -0.3 is 25.2 Å². The molecule has 8 heteroatoms. The molecule has 3 atom stereocenters. The van der Waals surface area contributed by atoms with Crippen LogP contribution in [-0.2, 0) is 19.1 Å². The molecule has 3 N–H and O–H groups in total. The Balaban J connectivity index is 1.38. The highest BCUT2D eigenvalue weighted by Gasteiger charge is 2.37. The molecule has 1 fully saturated rings. The molecule has 1 saturated heterocycles. The van der Waals surface area contributed by atoms with Crippen molar-refractivity contribution < 1.29 is 29.0 Å². The summed E-state index contributed by atoms with van der Waals surface area (Å²) in [4.78, 5) is 37.1. The van der Waals surface area contributed by atoms with Gasteiger partial charge in [-0.25, -0.2) is 9.59 Å². The lowest BCUT2D eigenvalue weighted by molar-refractivity contribution is -0.149. The lowest BCUT2D eigenvalue weighted by Gasteiger charge is -2.30. The number of ether oxygens (including phenoxy) is 2. The van der Waals surface area contributed by atoms with Crippen molar-refractivity contribution in [3.8, 4) is 11.1 Å². The number of alkyl carbamates (subject to hydrolysis) is 1. The van der Waals surface area contributed by atoms with Gasteiger partial charge in [-0.05, 0) is 34.1 Å². The highest BCUT2D eigenvalue weighted by atomic mass is 16.5. The maximum absolute atomic E-state index is 13.0. The molecule has 2 aromatic carbocycles. The average Bonchev–Trinajstić information content (AvgIpc) is 3.42. The average molecular weight is 481 g/mol. The van der Waals surface area contributed by atoms with Crippen molar-refractivity contribution in [2.75, 3.05) is 19.8 Å². The van der Waals surface area contributed by atoms with E-state index in [9.17, 15) is 19.5 Å². The fourth-order valence-electron chi connectivity index (χ4n) is 4.88. The molecule has 1 aliphatic heterocycles. The number of hydrogen-bond acceptors (Lipinski definition) is 5. The Morgan fingerprint density at radius 3 is 2.23 bits per heavy atom. The number of hydrogen-bond donors (Lipinski definition) is 3. The van der Waals surface area contributed by atoms with Crippen molar-refractivity contribution in [3.05, 3.63) is 59.7 Å². The first-order chi connectivity index (χ1) is 16.7. The largest absolute Gasteiger partial charge is 0.479 e. The molecule has 0 saturated carbocycles. The van der Waals surface area contributed by atoms with Crippen LogP contribution in [0.3, 0.4) is 0 Å². The number of carboxylic acid groups (broad SMARTS) is 1. The van der Waals surface area contributed by atoms with E-state index in [1.165, 1.54) is 0 Å². The minimum atomic E-state index is -1.04. The maximum Gasteiger partial charge on any atom is 0.407 e. The maximum atomic E-state index is 13.0. The van der Waals surface area contributed by atoms with E-state index < -0.39 is 29.6 Å². The SMILES string of the molecule is CC(C)(C)C(NC(=O)OCC1c2ccccc2-c2ccccc21)C(=O)NCC1CCOC1C(=O)O. The summed E-state index contributed by atoms with van der Waals surface area (Å²) in [6, 6.07) is 15.3. The third-order valence-electron chi connectivity index (χ3n) is 6.73. The molecule has 4 rings (SSSR count). The van der Waals surface area contributed by atoms with Crippen molar-refractivity contribution in [3.63, 3.8) is 0 Å². The van der Waals surface area contributed by atoms with Crippen molar-refractivity contribution in [2.24, 2.45) is 11.3 Å². The zero-order valence-corrected chi connectivity index (χ0v) is 20.2. The van der Waals surface area contributed by atoms with E-state index >= 15 is 0 Å². The van der Waals surface area contributed by atoms with Gasteiger partial charge in [0.2, 0.25) is 5.91 Å². The summed E-state index contributed by atoms with van der Waals surface area (Å²) in [6.07, 6.45) is -1.05. The van der Waals surface area contributed by atoms with Gasteiger partial charge in [0.1, 0.15) is 12.6 Å². The molecule has 2 aromatic rings. The molecule has 35 heavy (non-hydrogen) atoms. The second kappa shape index (κ2) is 10.1. The number of carbonyl (C=O) groups is 3. The number of amides is 2. The smallest absolute Gasteiger partial charge is 0.407 e. The zero-order valence-electron chi connectivity index (χ0n) is 20.2. The lowest BCUT2D eigenvalue weighted by Crippen LogP contribution is -2.54. The highest BCUT2D eigenvalue weighted by Crippen LogP contribution is 2.44. The third kappa shape index (κ3) is 5.32. The van der Waals surface area contributed by atoms with Crippen LogP contribution in [0.15, 0.2) is 48.5 Å². The number of carboxylic acids is 1. The first-order valence-electron chi connectivity index (χ1n) is 11.9. The Kier molecular flexibility index (Phi) is 7.12. The van der Waals surface area contributed by atoms with Crippen LogP contribution < -0.4 is 10.6 Å². The van der Waals surface area contributed by atoms with Crippen LogP contribution in [0.25, 0.3) is 11.1 Å². The Hall–Kier alpha value is -3.39. The fraction of sp³-hybridized carbons (Fsp3) is 0.444. The van der Waals surface area contributed by atoms with Crippen LogP contribution in [0.4, 0.5) is 4.79 Å². The van der Waals surface area contributed by atoms with Crippen LogP contribution in [0.2, 0.25) is 0 Å².